The zero-order valence-electron chi connectivity index (χ0n) is 10.6. The van der Waals surface area contributed by atoms with Gasteiger partial charge in [0.05, 0.1) is 17.9 Å². The van der Waals surface area contributed by atoms with Crippen molar-refractivity contribution in [3.63, 3.8) is 0 Å². The van der Waals surface area contributed by atoms with Crippen molar-refractivity contribution in [2.75, 3.05) is 6.61 Å². The van der Waals surface area contributed by atoms with E-state index in [1.165, 1.54) is 0 Å². The quantitative estimate of drug-likeness (QED) is 0.696. The molecule has 0 spiro atoms. The molecule has 2 rings (SSSR count). The van der Waals surface area contributed by atoms with Crippen LogP contribution in [0.5, 0.6) is 0 Å². The molecule has 0 atom stereocenters. The molecule has 5 nitrogen and oxygen atoms in total. The van der Waals surface area contributed by atoms with Crippen LogP contribution in [-0.4, -0.2) is 22.5 Å². The molecular weight excluding hydrogens is 288 g/mol. The van der Waals surface area contributed by atoms with E-state index < -0.39 is 5.97 Å². The van der Waals surface area contributed by atoms with E-state index >= 15 is 0 Å². The minimum Gasteiger partial charge on any atom is -0.462 e. The fourth-order valence-corrected chi connectivity index (χ4v) is 2.93. The van der Waals surface area contributed by atoms with Crippen LogP contribution in [-0.2, 0) is 10.6 Å². The van der Waals surface area contributed by atoms with Gasteiger partial charge in [-0.05, 0) is 18.9 Å². The summed E-state index contributed by atoms with van der Waals surface area (Å²) in [5.74, 6) is 0.112. The monoisotopic (exact) mass is 300 g/mol. The molecule has 7 heteroatoms. The van der Waals surface area contributed by atoms with Crippen molar-refractivity contribution in [2.24, 2.45) is 0 Å². The number of aryl methyl sites for hydroxylation is 1. The van der Waals surface area contributed by atoms with Crippen LogP contribution in [0.25, 0.3) is 10.2 Å². The third kappa shape index (κ3) is 2.64. The van der Waals surface area contributed by atoms with Gasteiger partial charge >= 0.3 is 5.97 Å². The molecule has 2 aromatic heterocycles. The van der Waals surface area contributed by atoms with Crippen LogP contribution in [0.15, 0.2) is 4.79 Å². The second-order valence-corrected chi connectivity index (χ2v) is 5.28. The molecule has 2 heterocycles. The van der Waals surface area contributed by atoms with Gasteiger partial charge in [0, 0.05) is 0 Å². The lowest BCUT2D eigenvalue weighted by Gasteiger charge is -2.00. The number of H-pyrrole nitrogens is 1. The van der Waals surface area contributed by atoms with Crippen molar-refractivity contribution in [2.45, 2.75) is 26.1 Å². The minimum atomic E-state index is -0.408. The molecule has 0 unspecified atom stereocenters. The fourth-order valence-electron chi connectivity index (χ4n) is 1.71. The van der Waals surface area contributed by atoms with Crippen LogP contribution < -0.4 is 5.56 Å². The second kappa shape index (κ2) is 5.71. The largest absolute Gasteiger partial charge is 0.462 e. The van der Waals surface area contributed by atoms with Gasteiger partial charge in [-0.3, -0.25) is 4.79 Å². The molecule has 0 aliphatic carbocycles. The number of nitrogens with one attached hydrogen (secondary N) is 1. The van der Waals surface area contributed by atoms with Crippen LogP contribution in [0.1, 0.15) is 34.4 Å². The molecule has 2 aromatic rings. The number of nitrogens with zero attached hydrogens (tertiary/aromatic N) is 1. The fraction of sp³-hybridized carbons (Fsp3) is 0.417. The maximum Gasteiger partial charge on any atom is 0.348 e. The van der Waals surface area contributed by atoms with Crippen LogP contribution in [0.4, 0.5) is 0 Å². The molecule has 0 aliphatic heterocycles. The SMILES string of the molecule is CCCOC(=O)c1sc2nc(CCl)[nH]c(=O)c2c1C. The van der Waals surface area contributed by atoms with E-state index in [2.05, 4.69) is 9.97 Å². The van der Waals surface area contributed by atoms with Crippen LogP contribution in [0.2, 0.25) is 0 Å². The average molecular weight is 301 g/mol. The van der Waals surface area contributed by atoms with Crippen molar-refractivity contribution in [1.82, 2.24) is 9.97 Å². The normalized spacial score (nSPS) is 10.9. The van der Waals surface area contributed by atoms with Crippen molar-refractivity contribution >= 4 is 39.1 Å². The lowest BCUT2D eigenvalue weighted by atomic mass is 10.2. The molecule has 0 amide bonds. The Morgan fingerprint density at radius 1 is 1.53 bits per heavy atom. The highest BCUT2D eigenvalue weighted by molar-refractivity contribution is 7.20. The lowest BCUT2D eigenvalue weighted by molar-refractivity contribution is 0.0510. The maximum atomic E-state index is 11.9. The Kier molecular flexibility index (Phi) is 4.21. The molecule has 0 aliphatic rings. The van der Waals surface area contributed by atoms with E-state index in [9.17, 15) is 9.59 Å². The zero-order valence-corrected chi connectivity index (χ0v) is 12.2. The Morgan fingerprint density at radius 3 is 2.89 bits per heavy atom. The summed E-state index contributed by atoms with van der Waals surface area (Å²) in [5.41, 5.74) is 0.333. The number of aromatic nitrogens is 2. The molecule has 0 bridgehead atoms. The van der Waals surface area contributed by atoms with E-state index in [-0.39, 0.29) is 11.4 Å². The molecular formula is C12H13ClN2O3S. The summed E-state index contributed by atoms with van der Waals surface area (Å²) in [4.78, 5) is 31.6. The lowest BCUT2D eigenvalue weighted by Crippen LogP contribution is -2.11. The number of carbonyl (C=O) groups is 1. The molecule has 0 fully saturated rings. The highest BCUT2D eigenvalue weighted by Gasteiger charge is 2.20. The number of ether oxygens (including phenoxy) is 1. The number of aromatic amines is 1. The Labute approximate surface area is 118 Å². The van der Waals surface area contributed by atoms with Gasteiger partial charge < -0.3 is 9.72 Å². The Bertz CT molecular complexity index is 677. The van der Waals surface area contributed by atoms with Gasteiger partial charge in [-0.25, -0.2) is 9.78 Å². The smallest absolute Gasteiger partial charge is 0.348 e. The van der Waals surface area contributed by atoms with Crippen molar-refractivity contribution in [1.29, 1.82) is 0 Å². The molecule has 19 heavy (non-hydrogen) atoms. The van der Waals surface area contributed by atoms with Gasteiger partial charge in [0.2, 0.25) is 0 Å². The second-order valence-electron chi connectivity index (χ2n) is 4.02. The van der Waals surface area contributed by atoms with Gasteiger partial charge in [-0.1, -0.05) is 6.92 Å². The number of rotatable bonds is 4. The number of alkyl halides is 1. The first-order chi connectivity index (χ1) is 9.08. The van der Waals surface area contributed by atoms with Gasteiger partial charge in [-0.15, -0.1) is 22.9 Å². The van der Waals surface area contributed by atoms with E-state index in [0.29, 0.717) is 33.1 Å². The maximum absolute atomic E-state index is 11.9. The number of thiophene rings is 1. The van der Waals surface area contributed by atoms with Gasteiger partial charge in [0.1, 0.15) is 15.5 Å². The van der Waals surface area contributed by atoms with Crippen LogP contribution in [0, 0.1) is 6.92 Å². The number of hydrogen-bond donors (Lipinski definition) is 1. The summed E-state index contributed by atoms with van der Waals surface area (Å²) >= 11 is 6.82. The summed E-state index contributed by atoms with van der Waals surface area (Å²) < 4.78 is 5.09. The van der Waals surface area contributed by atoms with Crippen molar-refractivity contribution in [3.8, 4) is 0 Å². The summed E-state index contributed by atoms with van der Waals surface area (Å²) in [6.45, 7) is 4.01. The molecule has 0 radical (unpaired) electrons. The number of esters is 1. The predicted octanol–water partition coefficient (Wildman–Crippen LogP) is 2.60. The number of hydrogen-bond acceptors (Lipinski definition) is 5. The Balaban J connectivity index is 2.53. The molecule has 0 saturated carbocycles. The highest BCUT2D eigenvalue weighted by atomic mass is 35.5. The molecule has 1 N–H and O–H groups in total. The van der Waals surface area contributed by atoms with Gasteiger partial charge in [-0.2, -0.15) is 0 Å². The number of carbonyl (C=O) groups excluding carboxylic acids is 1. The average Bonchev–Trinajstić information content (AvgIpc) is 2.73. The van der Waals surface area contributed by atoms with E-state index in [1.54, 1.807) is 6.92 Å². The topological polar surface area (TPSA) is 72.0 Å². The van der Waals surface area contributed by atoms with Crippen molar-refractivity contribution in [3.05, 3.63) is 26.6 Å². The summed E-state index contributed by atoms with van der Waals surface area (Å²) in [5, 5.41) is 0.433. The van der Waals surface area contributed by atoms with E-state index in [4.69, 9.17) is 16.3 Å². The van der Waals surface area contributed by atoms with Crippen LogP contribution >= 0.6 is 22.9 Å². The predicted molar refractivity (Wildman–Crippen MR) is 75.1 cm³/mol. The number of halogens is 1. The summed E-state index contributed by atoms with van der Waals surface area (Å²) in [6.07, 6.45) is 0.755. The first-order valence-corrected chi connectivity index (χ1v) is 7.19. The first kappa shape index (κ1) is 14.0. The highest BCUT2D eigenvalue weighted by Crippen LogP contribution is 2.27. The third-order valence-electron chi connectivity index (χ3n) is 2.60. The van der Waals surface area contributed by atoms with Gasteiger partial charge in [0.25, 0.3) is 5.56 Å². The van der Waals surface area contributed by atoms with E-state index in [0.717, 1.165) is 17.8 Å². The van der Waals surface area contributed by atoms with Gasteiger partial charge in [0.15, 0.2) is 0 Å². The number of fused-ring (bicyclic) bond motifs is 1. The zero-order chi connectivity index (χ0) is 14.0. The molecule has 0 aromatic carbocycles. The minimum absolute atomic E-state index is 0.123. The van der Waals surface area contributed by atoms with Crippen molar-refractivity contribution < 1.29 is 9.53 Å². The Morgan fingerprint density at radius 2 is 2.26 bits per heavy atom. The first-order valence-electron chi connectivity index (χ1n) is 5.83. The van der Waals surface area contributed by atoms with Crippen LogP contribution in [0.3, 0.4) is 0 Å². The molecule has 0 saturated heterocycles. The summed E-state index contributed by atoms with van der Waals surface area (Å²) in [6, 6.07) is 0. The van der Waals surface area contributed by atoms with E-state index in [1.807, 2.05) is 6.92 Å². The molecule has 102 valence electrons. The Hall–Kier alpha value is -1.40. The standard InChI is InChI=1S/C12H13ClN2O3S/c1-3-4-18-12(17)9-6(2)8-10(16)14-7(5-13)15-11(8)19-9/h3-5H2,1-2H3,(H,14,15,16). The third-order valence-corrected chi connectivity index (χ3v) is 4.02. The summed E-state index contributed by atoms with van der Waals surface area (Å²) in [7, 11) is 0.